The van der Waals surface area contributed by atoms with Crippen LogP contribution in [0.15, 0.2) is 42.5 Å². The molecule has 2 aromatic carbocycles. The van der Waals surface area contributed by atoms with Gasteiger partial charge >= 0.3 is 0 Å². The van der Waals surface area contributed by atoms with Crippen LogP contribution < -0.4 is 19.1 Å². The van der Waals surface area contributed by atoms with Gasteiger partial charge in [0.2, 0.25) is 0 Å². The van der Waals surface area contributed by atoms with Crippen molar-refractivity contribution in [3.05, 3.63) is 53.9 Å². The van der Waals surface area contributed by atoms with Crippen molar-refractivity contribution in [3.63, 3.8) is 0 Å². The summed E-state index contributed by atoms with van der Waals surface area (Å²) in [5.41, 5.74) is 2.00. The quantitative estimate of drug-likeness (QED) is 0.458. The van der Waals surface area contributed by atoms with E-state index in [2.05, 4.69) is 64.3 Å². The minimum Gasteiger partial charge on any atom is -0.497 e. The first-order valence-corrected chi connectivity index (χ1v) is 12.1. The van der Waals surface area contributed by atoms with Crippen LogP contribution in [0.4, 0.5) is 5.69 Å². The highest BCUT2D eigenvalue weighted by Gasteiger charge is 2.35. The van der Waals surface area contributed by atoms with Gasteiger partial charge in [-0.15, -0.1) is 5.10 Å². The van der Waals surface area contributed by atoms with Crippen LogP contribution in [0, 0.1) is 0 Å². The van der Waals surface area contributed by atoms with Gasteiger partial charge < -0.3 is 19.1 Å². The van der Waals surface area contributed by atoms with Crippen LogP contribution in [0.2, 0.25) is 0 Å². The Morgan fingerprint density at radius 1 is 0.886 bits per heavy atom. The predicted molar refractivity (Wildman–Crippen MR) is 136 cm³/mol. The molecule has 0 amide bonds. The number of piperazine rings is 1. The summed E-state index contributed by atoms with van der Waals surface area (Å²) in [6.45, 7) is 9.96. The van der Waals surface area contributed by atoms with Gasteiger partial charge in [0.05, 0.1) is 26.9 Å². The Hall–Kier alpha value is -3.33. The topological polar surface area (TPSA) is 77.8 Å². The predicted octanol–water partition coefficient (Wildman–Crippen LogP) is 3.76. The number of rotatable bonds is 9. The van der Waals surface area contributed by atoms with Gasteiger partial charge in [0.25, 0.3) is 0 Å². The second-order valence-electron chi connectivity index (χ2n) is 9.35. The van der Waals surface area contributed by atoms with Crippen molar-refractivity contribution in [2.24, 2.45) is 0 Å². The van der Waals surface area contributed by atoms with E-state index >= 15 is 0 Å². The van der Waals surface area contributed by atoms with Gasteiger partial charge in [-0.2, -0.15) is 0 Å². The number of hydrogen-bond acceptors (Lipinski definition) is 8. The van der Waals surface area contributed by atoms with Gasteiger partial charge in [0.1, 0.15) is 23.3 Å². The number of hydrogen-bond donors (Lipinski definition) is 0. The molecule has 188 valence electrons. The van der Waals surface area contributed by atoms with Crippen molar-refractivity contribution >= 4 is 5.69 Å². The average Bonchev–Trinajstić information content (AvgIpc) is 3.40. The number of anilines is 1. The first-order chi connectivity index (χ1) is 16.9. The molecule has 35 heavy (non-hydrogen) atoms. The molecular formula is C26H36N6O3. The van der Waals surface area contributed by atoms with Crippen LogP contribution >= 0.6 is 0 Å². The zero-order valence-corrected chi connectivity index (χ0v) is 21.6. The molecule has 0 saturated carbocycles. The fourth-order valence-electron chi connectivity index (χ4n) is 4.52. The minimum atomic E-state index is -0.221. The first kappa shape index (κ1) is 24.8. The lowest BCUT2D eigenvalue weighted by Gasteiger charge is -2.40. The lowest BCUT2D eigenvalue weighted by Crippen LogP contribution is -2.49. The van der Waals surface area contributed by atoms with Crippen LogP contribution in [0.25, 0.3) is 0 Å². The Morgan fingerprint density at radius 3 is 2.14 bits per heavy atom. The van der Waals surface area contributed by atoms with Crippen molar-refractivity contribution in [3.8, 4) is 17.2 Å². The Kier molecular flexibility index (Phi) is 7.45. The van der Waals surface area contributed by atoms with E-state index in [9.17, 15) is 0 Å². The third-order valence-corrected chi connectivity index (χ3v) is 7.03. The van der Waals surface area contributed by atoms with Crippen molar-refractivity contribution < 1.29 is 14.2 Å². The van der Waals surface area contributed by atoms with E-state index in [-0.39, 0.29) is 11.6 Å². The summed E-state index contributed by atoms with van der Waals surface area (Å²) in [6.07, 6.45) is 0.906. The molecule has 0 N–H and O–H groups in total. The summed E-state index contributed by atoms with van der Waals surface area (Å²) < 4.78 is 18.5. The van der Waals surface area contributed by atoms with E-state index in [0.717, 1.165) is 61.2 Å². The van der Waals surface area contributed by atoms with Crippen LogP contribution in [0.1, 0.15) is 44.6 Å². The molecule has 0 bridgehead atoms. The van der Waals surface area contributed by atoms with E-state index in [0.29, 0.717) is 0 Å². The molecule has 1 aromatic heterocycles. The van der Waals surface area contributed by atoms with E-state index in [1.807, 2.05) is 28.9 Å². The third kappa shape index (κ3) is 5.05. The highest BCUT2D eigenvalue weighted by molar-refractivity contribution is 5.50. The largest absolute Gasteiger partial charge is 0.497 e. The lowest BCUT2D eigenvalue weighted by atomic mass is 9.98. The summed E-state index contributed by atoms with van der Waals surface area (Å²) in [6, 6.07) is 14.0. The molecule has 1 aliphatic heterocycles. The Morgan fingerprint density at radius 2 is 1.54 bits per heavy atom. The van der Waals surface area contributed by atoms with Crippen LogP contribution in [-0.2, 0) is 5.54 Å². The van der Waals surface area contributed by atoms with Crippen molar-refractivity contribution in [1.82, 2.24) is 25.1 Å². The smallest absolute Gasteiger partial charge is 0.173 e. The molecule has 1 saturated heterocycles. The summed E-state index contributed by atoms with van der Waals surface area (Å²) in [5, 5.41) is 13.0. The van der Waals surface area contributed by atoms with Gasteiger partial charge in [-0.1, -0.05) is 6.92 Å². The number of nitrogens with zero attached hydrogens (tertiary/aromatic N) is 6. The number of tetrazole rings is 1. The normalized spacial score (nSPS) is 15.7. The highest BCUT2D eigenvalue weighted by Crippen LogP contribution is 2.38. The molecule has 1 aliphatic rings. The maximum Gasteiger partial charge on any atom is 0.173 e. The fraction of sp³-hybridized carbons (Fsp3) is 0.500. The van der Waals surface area contributed by atoms with E-state index < -0.39 is 0 Å². The molecule has 9 heteroatoms. The van der Waals surface area contributed by atoms with Gasteiger partial charge in [0.15, 0.2) is 5.82 Å². The standard InChI is InChI=1S/C26H36N6O3/c1-7-26(2,3)32-25(27-28-29-32)24(22-13-12-21(34-5)18-23(22)35-6)31-16-14-30(15-17-31)19-8-10-20(33-4)11-9-19/h8-13,18,24H,7,14-17H2,1-6H3/t24-/m1/s1. The zero-order chi connectivity index (χ0) is 25.0. The van der Waals surface area contributed by atoms with E-state index in [1.165, 1.54) is 5.69 Å². The molecular weight excluding hydrogens is 444 g/mol. The SMILES string of the molecule is CCC(C)(C)n1nnnc1[C@@H](c1ccc(OC)cc1OC)N1CCN(c2ccc(OC)cc2)CC1. The van der Waals surface area contributed by atoms with Crippen molar-refractivity contribution in [1.29, 1.82) is 0 Å². The molecule has 2 heterocycles. The second kappa shape index (κ2) is 10.5. The van der Waals surface area contributed by atoms with Crippen molar-refractivity contribution in [2.45, 2.75) is 38.8 Å². The summed E-state index contributed by atoms with van der Waals surface area (Å²) >= 11 is 0. The first-order valence-electron chi connectivity index (χ1n) is 12.1. The van der Waals surface area contributed by atoms with Gasteiger partial charge in [-0.05, 0) is 67.1 Å². The second-order valence-corrected chi connectivity index (χ2v) is 9.35. The van der Waals surface area contributed by atoms with E-state index in [1.54, 1.807) is 21.3 Å². The van der Waals surface area contributed by atoms with Crippen LogP contribution in [-0.4, -0.2) is 72.6 Å². The molecule has 0 unspecified atom stereocenters. The molecule has 0 spiro atoms. The number of ether oxygens (including phenoxy) is 3. The van der Waals surface area contributed by atoms with Crippen LogP contribution in [0.3, 0.4) is 0 Å². The molecule has 0 radical (unpaired) electrons. The Bertz CT molecular complexity index is 1110. The summed E-state index contributed by atoms with van der Waals surface area (Å²) in [7, 11) is 5.04. The minimum absolute atomic E-state index is 0.158. The molecule has 4 rings (SSSR count). The summed E-state index contributed by atoms with van der Waals surface area (Å²) in [5.74, 6) is 3.19. The monoisotopic (exact) mass is 480 g/mol. The van der Waals surface area contributed by atoms with Gasteiger partial charge in [-0.3, -0.25) is 4.90 Å². The maximum atomic E-state index is 5.81. The molecule has 1 fully saturated rings. The average molecular weight is 481 g/mol. The molecule has 0 aliphatic carbocycles. The fourth-order valence-corrected chi connectivity index (χ4v) is 4.52. The van der Waals surface area contributed by atoms with Gasteiger partial charge in [0, 0.05) is 43.5 Å². The Labute approximate surface area is 207 Å². The van der Waals surface area contributed by atoms with Crippen molar-refractivity contribution in [2.75, 3.05) is 52.4 Å². The van der Waals surface area contributed by atoms with Gasteiger partial charge in [-0.25, -0.2) is 4.68 Å². The van der Waals surface area contributed by atoms with Crippen LogP contribution in [0.5, 0.6) is 17.2 Å². The number of benzene rings is 2. The lowest BCUT2D eigenvalue weighted by molar-refractivity contribution is 0.184. The van der Waals surface area contributed by atoms with E-state index in [4.69, 9.17) is 14.2 Å². The molecule has 9 nitrogen and oxygen atoms in total. The molecule has 1 atom stereocenters. The highest BCUT2D eigenvalue weighted by atomic mass is 16.5. The zero-order valence-electron chi connectivity index (χ0n) is 21.6. The summed E-state index contributed by atoms with van der Waals surface area (Å²) in [4.78, 5) is 4.84. The molecule has 3 aromatic rings. The third-order valence-electron chi connectivity index (χ3n) is 7.03. The maximum absolute atomic E-state index is 5.81. The Balaban J connectivity index is 1.68. The number of methoxy groups -OCH3 is 3. The number of aromatic nitrogens is 4.